The summed E-state index contributed by atoms with van der Waals surface area (Å²) in [5.74, 6) is 11.8. The molecule has 4 aliphatic carbocycles. The molecule has 0 aliphatic heterocycles. The number of allylic oxidation sites excluding steroid dienone is 6. The van der Waals surface area contributed by atoms with Gasteiger partial charge in [-0.2, -0.15) is 0 Å². The molecule has 13 unspecified atom stereocenters. The molecule has 0 N–H and O–H groups in total. The van der Waals surface area contributed by atoms with Gasteiger partial charge in [0.25, 0.3) is 0 Å². The third kappa shape index (κ3) is 5.87. The van der Waals surface area contributed by atoms with Gasteiger partial charge in [-0.25, -0.2) is 0 Å². The molecule has 41 heavy (non-hydrogen) atoms. The number of hydrogen-bond acceptors (Lipinski definition) is 0. The molecule has 0 aromatic carbocycles. The highest BCUT2D eigenvalue weighted by Crippen LogP contribution is 2.60. The van der Waals surface area contributed by atoms with Gasteiger partial charge >= 0.3 is 0 Å². The summed E-state index contributed by atoms with van der Waals surface area (Å²) in [6, 6.07) is 0. The summed E-state index contributed by atoms with van der Waals surface area (Å²) >= 11 is 0. The quantitative estimate of drug-likeness (QED) is 0.282. The minimum absolute atomic E-state index is 0.404. The fourth-order valence-corrected chi connectivity index (χ4v) is 11.8. The second-order valence-corrected chi connectivity index (χ2v) is 18.1. The normalized spacial score (nSPS) is 42.2. The summed E-state index contributed by atoms with van der Waals surface area (Å²) in [5.41, 5.74) is 8.75. The van der Waals surface area contributed by atoms with E-state index < -0.39 is 0 Å². The molecule has 0 radical (unpaired) electrons. The van der Waals surface area contributed by atoms with Crippen molar-refractivity contribution >= 4 is 0 Å². The van der Waals surface area contributed by atoms with Gasteiger partial charge in [-0.3, -0.25) is 0 Å². The lowest BCUT2D eigenvalue weighted by Crippen LogP contribution is -2.45. The number of fused-ring (bicyclic) bond motifs is 1. The first kappa shape index (κ1) is 33.1. The van der Waals surface area contributed by atoms with Gasteiger partial charge in [0.2, 0.25) is 0 Å². The van der Waals surface area contributed by atoms with E-state index in [9.17, 15) is 0 Å². The van der Waals surface area contributed by atoms with Crippen molar-refractivity contribution in [2.45, 2.75) is 130 Å². The zero-order valence-electron chi connectivity index (χ0n) is 30.4. The lowest BCUT2D eigenvalue weighted by molar-refractivity contribution is -0.0277. The van der Waals surface area contributed by atoms with Crippen LogP contribution in [-0.4, -0.2) is 0 Å². The Labute approximate surface area is 257 Å². The van der Waals surface area contributed by atoms with Crippen molar-refractivity contribution in [2.24, 2.45) is 94.2 Å². The van der Waals surface area contributed by atoms with Crippen LogP contribution in [0.15, 0.2) is 33.9 Å². The third-order valence-electron chi connectivity index (χ3n) is 14.4. The maximum atomic E-state index is 2.85. The lowest BCUT2D eigenvalue weighted by atomic mass is 9.53. The van der Waals surface area contributed by atoms with Gasteiger partial charge in [0.1, 0.15) is 0 Å². The number of rotatable bonds is 6. The van der Waals surface area contributed by atoms with Crippen LogP contribution in [0.25, 0.3) is 0 Å². The van der Waals surface area contributed by atoms with Crippen LogP contribution in [0, 0.1) is 94.2 Å². The van der Waals surface area contributed by atoms with Crippen molar-refractivity contribution in [1.29, 1.82) is 0 Å². The van der Waals surface area contributed by atoms with Crippen molar-refractivity contribution in [3.8, 4) is 0 Å². The highest BCUT2D eigenvalue weighted by molar-refractivity contribution is 5.47. The van der Waals surface area contributed by atoms with Gasteiger partial charge in [0.15, 0.2) is 0 Å². The SMILES string of the molecule is CC1=C(C)C(C2C(C)CC3C=C(C(C)C(C)C4CC(C)C(C)C(CC(C)(C)C)C4C(C)C)C(C)C3C2C)C(C)=C1C. The molecule has 234 valence electrons. The summed E-state index contributed by atoms with van der Waals surface area (Å²) in [5, 5.41) is 0. The summed E-state index contributed by atoms with van der Waals surface area (Å²) in [6.45, 7) is 40.5. The maximum Gasteiger partial charge on any atom is 0.00465 e. The third-order valence-corrected chi connectivity index (χ3v) is 14.4. The van der Waals surface area contributed by atoms with Crippen LogP contribution in [0.3, 0.4) is 0 Å². The molecular weight excluding hydrogens is 492 g/mol. The largest absolute Gasteiger partial charge is 0.0813 e. The highest BCUT2D eigenvalue weighted by atomic mass is 14.6. The molecule has 0 aromatic rings. The first-order chi connectivity index (χ1) is 18.9. The van der Waals surface area contributed by atoms with Gasteiger partial charge in [-0.1, -0.05) is 106 Å². The zero-order chi connectivity index (χ0) is 30.9. The van der Waals surface area contributed by atoms with E-state index in [1.54, 1.807) is 22.3 Å². The summed E-state index contributed by atoms with van der Waals surface area (Å²) < 4.78 is 0. The Morgan fingerprint density at radius 1 is 0.756 bits per heavy atom. The first-order valence-corrected chi connectivity index (χ1v) is 18.0. The standard InChI is InChI=1S/C41H70/c1-21(2)37-35(18-22(3)24(5)36(37)20-41(14,15)16)28(9)27(8)34-19-33-17-23(4)38(32(13)39(33)31(34)12)40-29(10)25(6)26(7)30(40)11/h19,21-24,27-28,31-33,35-40H,17-18,20H2,1-16H3. The Hall–Kier alpha value is -0.780. The van der Waals surface area contributed by atoms with Crippen molar-refractivity contribution in [2.75, 3.05) is 0 Å². The first-order valence-electron chi connectivity index (χ1n) is 18.0. The molecular formula is C41H70. The molecule has 0 saturated heterocycles. The van der Waals surface area contributed by atoms with Crippen LogP contribution in [-0.2, 0) is 0 Å². The molecule has 13 atom stereocenters. The van der Waals surface area contributed by atoms with E-state index in [1.807, 2.05) is 5.57 Å². The van der Waals surface area contributed by atoms with Gasteiger partial charge in [0.05, 0.1) is 0 Å². The second-order valence-electron chi connectivity index (χ2n) is 18.1. The molecule has 0 aromatic heterocycles. The average Bonchev–Trinajstić information content (AvgIpc) is 3.29. The molecule has 0 heteroatoms. The van der Waals surface area contributed by atoms with Gasteiger partial charge < -0.3 is 0 Å². The van der Waals surface area contributed by atoms with E-state index in [-0.39, 0.29) is 0 Å². The van der Waals surface area contributed by atoms with Gasteiger partial charge in [-0.05, 0) is 146 Å². The van der Waals surface area contributed by atoms with E-state index in [4.69, 9.17) is 0 Å². The van der Waals surface area contributed by atoms with Crippen molar-refractivity contribution in [3.05, 3.63) is 33.9 Å². The van der Waals surface area contributed by atoms with Crippen molar-refractivity contribution in [3.63, 3.8) is 0 Å². The van der Waals surface area contributed by atoms with Crippen LogP contribution < -0.4 is 0 Å². The van der Waals surface area contributed by atoms with Crippen LogP contribution >= 0.6 is 0 Å². The van der Waals surface area contributed by atoms with E-state index in [0.29, 0.717) is 17.3 Å². The molecule has 0 nitrogen and oxygen atoms in total. The minimum atomic E-state index is 0.404. The maximum absolute atomic E-state index is 2.85. The van der Waals surface area contributed by atoms with E-state index in [1.165, 1.54) is 19.3 Å². The number of hydrogen-bond donors (Lipinski definition) is 0. The van der Waals surface area contributed by atoms with E-state index in [0.717, 1.165) is 76.9 Å². The fraction of sp³-hybridized carbons (Fsp3) is 0.854. The summed E-state index contributed by atoms with van der Waals surface area (Å²) in [7, 11) is 0. The molecule has 2 fully saturated rings. The zero-order valence-corrected chi connectivity index (χ0v) is 30.4. The monoisotopic (exact) mass is 563 g/mol. The Bertz CT molecular complexity index is 1020. The highest BCUT2D eigenvalue weighted by Gasteiger charge is 2.52. The summed E-state index contributed by atoms with van der Waals surface area (Å²) in [4.78, 5) is 0. The second kappa shape index (κ2) is 12.0. The van der Waals surface area contributed by atoms with Crippen molar-refractivity contribution < 1.29 is 0 Å². The predicted octanol–water partition coefficient (Wildman–Crippen LogP) is 12.3. The molecule has 4 rings (SSSR count). The lowest BCUT2D eigenvalue weighted by Gasteiger charge is -2.52. The molecule has 0 amide bonds. The Morgan fingerprint density at radius 2 is 1.32 bits per heavy atom. The molecule has 0 spiro atoms. The average molecular weight is 563 g/mol. The van der Waals surface area contributed by atoms with Crippen molar-refractivity contribution in [1.82, 2.24) is 0 Å². The topological polar surface area (TPSA) is 0 Å². The molecule has 2 saturated carbocycles. The van der Waals surface area contributed by atoms with Crippen LogP contribution in [0.4, 0.5) is 0 Å². The fourth-order valence-electron chi connectivity index (χ4n) is 11.8. The van der Waals surface area contributed by atoms with Crippen LogP contribution in [0.5, 0.6) is 0 Å². The smallest absolute Gasteiger partial charge is 0.00465 e. The van der Waals surface area contributed by atoms with E-state index >= 15 is 0 Å². The van der Waals surface area contributed by atoms with E-state index in [2.05, 4.69) is 117 Å². The van der Waals surface area contributed by atoms with Crippen LogP contribution in [0.1, 0.15) is 130 Å². The van der Waals surface area contributed by atoms with Crippen LogP contribution in [0.2, 0.25) is 0 Å². The Balaban J connectivity index is 1.59. The molecule has 0 bridgehead atoms. The Kier molecular flexibility index (Phi) is 9.66. The molecule has 4 aliphatic rings. The van der Waals surface area contributed by atoms with Gasteiger partial charge in [0, 0.05) is 5.92 Å². The predicted molar refractivity (Wildman–Crippen MR) is 182 cm³/mol. The Morgan fingerprint density at radius 3 is 1.83 bits per heavy atom. The summed E-state index contributed by atoms with van der Waals surface area (Å²) in [6.07, 6.45) is 7.05. The molecule has 0 heterocycles. The van der Waals surface area contributed by atoms with Gasteiger partial charge in [-0.15, -0.1) is 0 Å². The minimum Gasteiger partial charge on any atom is -0.0813 e.